The van der Waals surface area contributed by atoms with Crippen LogP contribution in [-0.2, 0) is 14.8 Å². The summed E-state index contributed by atoms with van der Waals surface area (Å²) in [6.45, 7) is 1.18. The van der Waals surface area contributed by atoms with Gasteiger partial charge in [-0.2, -0.15) is 0 Å². The van der Waals surface area contributed by atoms with Crippen LogP contribution in [0.4, 0.5) is 0 Å². The van der Waals surface area contributed by atoms with Crippen molar-refractivity contribution in [2.45, 2.75) is 18.9 Å². The number of primary sulfonamides is 1. The highest BCUT2D eigenvalue weighted by atomic mass is 32.2. The lowest BCUT2D eigenvalue weighted by molar-refractivity contribution is 0.0163. The molecule has 1 rings (SSSR count). The number of rotatable bonds is 3. The van der Waals surface area contributed by atoms with Crippen LogP contribution in [0, 0.1) is 5.92 Å². The van der Waals surface area contributed by atoms with Crippen molar-refractivity contribution in [2.75, 3.05) is 19.0 Å². The highest BCUT2D eigenvalue weighted by Crippen LogP contribution is 2.19. The lowest BCUT2D eigenvalue weighted by Gasteiger charge is -2.25. The average Bonchev–Trinajstić information content (AvgIpc) is 2.03. The highest BCUT2D eigenvalue weighted by Gasteiger charge is 2.25. The second kappa shape index (κ2) is 4.36. The molecule has 6 heteroatoms. The number of hydrogen-bond donors (Lipinski definition) is 2. The third-order valence-corrected chi connectivity index (χ3v) is 3.02. The van der Waals surface area contributed by atoms with E-state index in [-0.39, 0.29) is 11.7 Å². The predicted molar refractivity (Wildman–Crippen MR) is 47.5 cm³/mol. The van der Waals surface area contributed by atoms with Crippen molar-refractivity contribution < 1.29 is 18.3 Å². The minimum absolute atomic E-state index is 0.00655. The normalized spacial score (nSPS) is 22.9. The first kappa shape index (κ1) is 10.9. The predicted octanol–water partition coefficient (Wildman–Crippen LogP) is -0.938. The summed E-state index contributed by atoms with van der Waals surface area (Å²) >= 11 is 0. The van der Waals surface area contributed by atoms with Crippen molar-refractivity contribution in [3.05, 3.63) is 0 Å². The molecule has 5 nitrogen and oxygen atoms in total. The number of aliphatic hydroxyl groups is 1. The van der Waals surface area contributed by atoms with Gasteiger partial charge in [0, 0.05) is 13.2 Å². The zero-order valence-electron chi connectivity index (χ0n) is 7.35. The Morgan fingerprint density at radius 3 is 2.46 bits per heavy atom. The lowest BCUT2D eigenvalue weighted by Crippen LogP contribution is -2.35. The van der Waals surface area contributed by atoms with Crippen molar-refractivity contribution in [3.63, 3.8) is 0 Å². The summed E-state index contributed by atoms with van der Waals surface area (Å²) in [5.74, 6) is -0.343. The molecular weight excluding hydrogens is 194 g/mol. The average molecular weight is 209 g/mol. The SMILES string of the molecule is NS(=O)(=O)CC(O)C1CCOCC1. The maximum absolute atomic E-state index is 10.7. The van der Waals surface area contributed by atoms with Gasteiger partial charge in [-0.15, -0.1) is 0 Å². The molecule has 1 atom stereocenters. The second-order valence-electron chi connectivity index (χ2n) is 3.35. The smallest absolute Gasteiger partial charge is 0.211 e. The molecule has 0 saturated carbocycles. The van der Waals surface area contributed by atoms with Crippen molar-refractivity contribution in [2.24, 2.45) is 11.1 Å². The number of aliphatic hydroxyl groups excluding tert-OH is 1. The van der Waals surface area contributed by atoms with Crippen molar-refractivity contribution >= 4 is 10.0 Å². The lowest BCUT2D eigenvalue weighted by atomic mass is 9.95. The van der Waals surface area contributed by atoms with Crippen LogP contribution in [0.2, 0.25) is 0 Å². The van der Waals surface area contributed by atoms with E-state index in [4.69, 9.17) is 9.88 Å². The van der Waals surface area contributed by atoms with E-state index in [9.17, 15) is 13.5 Å². The molecule has 1 heterocycles. The molecule has 13 heavy (non-hydrogen) atoms. The van der Waals surface area contributed by atoms with Gasteiger partial charge in [0.2, 0.25) is 10.0 Å². The number of sulfonamides is 1. The van der Waals surface area contributed by atoms with Crippen LogP contribution in [-0.4, -0.2) is 38.6 Å². The standard InChI is InChI=1S/C7H15NO4S/c8-13(10,11)5-7(9)6-1-3-12-4-2-6/h6-7,9H,1-5H2,(H2,8,10,11). The minimum Gasteiger partial charge on any atom is -0.392 e. The Bertz CT molecular complexity index is 245. The molecule has 0 aromatic heterocycles. The molecule has 3 N–H and O–H groups in total. The molecule has 0 aromatic rings. The van der Waals surface area contributed by atoms with Crippen LogP contribution in [0.25, 0.3) is 0 Å². The summed E-state index contributed by atoms with van der Waals surface area (Å²) in [6, 6.07) is 0. The van der Waals surface area contributed by atoms with E-state index in [0.717, 1.165) is 0 Å². The summed E-state index contributed by atoms with van der Waals surface area (Å²) < 4.78 is 26.4. The second-order valence-corrected chi connectivity index (χ2v) is 5.01. The van der Waals surface area contributed by atoms with Crippen LogP contribution < -0.4 is 5.14 Å². The van der Waals surface area contributed by atoms with Gasteiger partial charge in [0.1, 0.15) is 0 Å². The number of ether oxygens (including phenoxy) is 1. The van der Waals surface area contributed by atoms with Gasteiger partial charge in [0.15, 0.2) is 0 Å². The zero-order chi connectivity index (χ0) is 9.90. The van der Waals surface area contributed by atoms with Crippen LogP contribution in [0.1, 0.15) is 12.8 Å². The quantitative estimate of drug-likeness (QED) is 0.628. The summed E-state index contributed by atoms with van der Waals surface area (Å²) in [5.41, 5.74) is 0. The fourth-order valence-corrected chi connectivity index (χ4v) is 2.22. The molecule has 0 bridgehead atoms. The summed E-state index contributed by atoms with van der Waals surface area (Å²) in [5, 5.41) is 14.3. The molecule has 1 unspecified atom stereocenters. The van der Waals surface area contributed by atoms with E-state index in [1.807, 2.05) is 0 Å². The fourth-order valence-electron chi connectivity index (χ4n) is 1.47. The molecule has 1 aliphatic heterocycles. The maximum Gasteiger partial charge on any atom is 0.211 e. The van der Waals surface area contributed by atoms with E-state index >= 15 is 0 Å². The van der Waals surface area contributed by atoms with Gasteiger partial charge in [-0.05, 0) is 18.8 Å². The third-order valence-electron chi connectivity index (χ3n) is 2.21. The highest BCUT2D eigenvalue weighted by molar-refractivity contribution is 7.89. The first-order chi connectivity index (χ1) is 5.99. The van der Waals surface area contributed by atoms with Crippen LogP contribution in [0.5, 0.6) is 0 Å². The molecule has 0 radical (unpaired) electrons. The van der Waals surface area contributed by atoms with Gasteiger partial charge >= 0.3 is 0 Å². The Kier molecular flexibility index (Phi) is 3.66. The van der Waals surface area contributed by atoms with E-state index < -0.39 is 16.1 Å². The Morgan fingerprint density at radius 1 is 1.46 bits per heavy atom. The van der Waals surface area contributed by atoms with Gasteiger partial charge in [0.05, 0.1) is 11.9 Å². The van der Waals surface area contributed by atoms with Crippen LogP contribution in [0.15, 0.2) is 0 Å². The van der Waals surface area contributed by atoms with E-state index in [0.29, 0.717) is 26.1 Å². The molecule has 1 saturated heterocycles. The molecule has 78 valence electrons. The van der Waals surface area contributed by atoms with Crippen molar-refractivity contribution in [1.82, 2.24) is 0 Å². The molecule has 1 fully saturated rings. The number of nitrogens with two attached hydrogens (primary N) is 1. The van der Waals surface area contributed by atoms with Gasteiger partial charge < -0.3 is 9.84 Å². The van der Waals surface area contributed by atoms with Gasteiger partial charge in [-0.3, -0.25) is 0 Å². The van der Waals surface area contributed by atoms with Gasteiger partial charge in [-0.1, -0.05) is 0 Å². The van der Waals surface area contributed by atoms with E-state index in [1.165, 1.54) is 0 Å². The van der Waals surface area contributed by atoms with Crippen LogP contribution >= 0.6 is 0 Å². The molecule has 1 aliphatic rings. The van der Waals surface area contributed by atoms with Crippen molar-refractivity contribution in [3.8, 4) is 0 Å². The Hall–Kier alpha value is -0.170. The first-order valence-electron chi connectivity index (χ1n) is 4.25. The molecule has 0 aromatic carbocycles. The molecule has 0 amide bonds. The fraction of sp³-hybridized carbons (Fsp3) is 1.00. The topological polar surface area (TPSA) is 89.6 Å². The van der Waals surface area contributed by atoms with Gasteiger partial charge in [0.25, 0.3) is 0 Å². The molecule has 0 spiro atoms. The Balaban J connectivity index is 2.42. The van der Waals surface area contributed by atoms with Crippen molar-refractivity contribution in [1.29, 1.82) is 0 Å². The van der Waals surface area contributed by atoms with E-state index in [1.54, 1.807) is 0 Å². The molecular formula is C7H15NO4S. The number of hydrogen-bond acceptors (Lipinski definition) is 4. The van der Waals surface area contributed by atoms with Gasteiger partial charge in [-0.25, -0.2) is 13.6 Å². The molecule has 0 aliphatic carbocycles. The third kappa shape index (κ3) is 4.04. The summed E-state index contributed by atoms with van der Waals surface area (Å²) in [4.78, 5) is 0. The van der Waals surface area contributed by atoms with Crippen LogP contribution in [0.3, 0.4) is 0 Å². The maximum atomic E-state index is 10.7. The Labute approximate surface area is 77.9 Å². The van der Waals surface area contributed by atoms with E-state index in [2.05, 4.69) is 0 Å². The minimum atomic E-state index is -3.56. The zero-order valence-corrected chi connectivity index (χ0v) is 8.16. The monoisotopic (exact) mass is 209 g/mol. The largest absolute Gasteiger partial charge is 0.392 e. The first-order valence-corrected chi connectivity index (χ1v) is 5.97. The Morgan fingerprint density at radius 2 is 2.00 bits per heavy atom. The summed E-state index contributed by atoms with van der Waals surface area (Å²) in [7, 11) is -3.56. The summed E-state index contributed by atoms with van der Waals surface area (Å²) in [6.07, 6.45) is 0.562.